The zero-order chi connectivity index (χ0) is 14.0. The highest BCUT2D eigenvalue weighted by Gasteiger charge is 2.17. The first-order valence-electron chi connectivity index (χ1n) is 5.02. The molecule has 0 aliphatic rings. The Hall–Kier alpha value is -0.600. The summed E-state index contributed by atoms with van der Waals surface area (Å²) in [5.74, 6) is -0.976. The van der Waals surface area contributed by atoms with Gasteiger partial charge in [0.25, 0.3) is 0 Å². The number of halogens is 1. The number of benzene rings is 1. The molecule has 18 heavy (non-hydrogen) atoms. The van der Waals surface area contributed by atoms with E-state index in [1.165, 1.54) is 0 Å². The van der Waals surface area contributed by atoms with E-state index < -0.39 is 19.7 Å². The number of anilines is 1. The minimum absolute atomic E-state index is 0.228. The number of nitrogens with two attached hydrogens (primary N) is 1. The summed E-state index contributed by atoms with van der Waals surface area (Å²) in [7, 11) is -6.76. The Bertz CT molecular complexity index is 638. The Kier molecular flexibility index (Phi) is 4.79. The quantitative estimate of drug-likeness (QED) is 0.794. The first-order chi connectivity index (χ1) is 8.11. The number of hydrogen-bond donors (Lipinski definition) is 1. The van der Waals surface area contributed by atoms with Gasteiger partial charge >= 0.3 is 0 Å². The van der Waals surface area contributed by atoms with Gasteiger partial charge in [0.05, 0.1) is 17.3 Å². The Morgan fingerprint density at radius 3 is 2.33 bits per heavy atom. The van der Waals surface area contributed by atoms with E-state index >= 15 is 0 Å². The summed E-state index contributed by atoms with van der Waals surface area (Å²) < 4.78 is 46.0. The van der Waals surface area contributed by atoms with Gasteiger partial charge in [-0.1, -0.05) is 12.1 Å². The number of hydrogen-bond acceptors (Lipinski definition) is 5. The van der Waals surface area contributed by atoms with Gasteiger partial charge in [-0.25, -0.2) is 16.8 Å². The highest BCUT2D eigenvalue weighted by molar-refractivity contribution is 9.10. The molecule has 0 aliphatic carbocycles. The fraction of sp³-hybridized carbons (Fsp3) is 0.400. The van der Waals surface area contributed by atoms with E-state index in [9.17, 15) is 16.8 Å². The summed E-state index contributed by atoms with van der Waals surface area (Å²) in [6.07, 6.45) is 1.01. The van der Waals surface area contributed by atoms with Crippen molar-refractivity contribution in [2.24, 2.45) is 0 Å². The van der Waals surface area contributed by atoms with Gasteiger partial charge in [0.2, 0.25) is 0 Å². The van der Waals surface area contributed by atoms with Crippen molar-refractivity contribution >= 4 is 41.3 Å². The van der Waals surface area contributed by atoms with Crippen LogP contribution in [0.1, 0.15) is 5.56 Å². The zero-order valence-electron chi connectivity index (χ0n) is 9.76. The molecule has 0 spiro atoms. The van der Waals surface area contributed by atoms with Gasteiger partial charge in [-0.2, -0.15) is 0 Å². The summed E-state index contributed by atoms with van der Waals surface area (Å²) in [4.78, 5) is 0. The molecule has 2 N–H and O–H groups in total. The first kappa shape index (κ1) is 15.5. The maximum atomic E-state index is 11.8. The van der Waals surface area contributed by atoms with E-state index in [1.54, 1.807) is 18.2 Å². The average Bonchev–Trinajstić information content (AvgIpc) is 2.21. The van der Waals surface area contributed by atoms with Crippen molar-refractivity contribution in [1.82, 2.24) is 0 Å². The molecule has 0 saturated heterocycles. The van der Waals surface area contributed by atoms with E-state index in [-0.39, 0.29) is 17.3 Å². The minimum atomic E-state index is -3.47. The Morgan fingerprint density at radius 2 is 1.78 bits per heavy atom. The minimum Gasteiger partial charge on any atom is -0.398 e. The van der Waals surface area contributed by atoms with Crippen LogP contribution in [0.5, 0.6) is 0 Å². The van der Waals surface area contributed by atoms with Crippen molar-refractivity contribution in [2.45, 2.75) is 5.75 Å². The third-order valence-electron chi connectivity index (χ3n) is 2.25. The van der Waals surface area contributed by atoms with E-state index in [2.05, 4.69) is 15.9 Å². The van der Waals surface area contributed by atoms with Crippen LogP contribution in [0.2, 0.25) is 0 Å². The van der Waals surface area contributed by atoms with Gasteiger partial charge in [0.15, 0.2) is 9.84 Å². The fourth-order valence-corrected chi connectivity index (χ4v) is 4.97. The van der Waals surface area contributed by atoms with Crippen LogP contribution < -0.4 is 5.73 Å². The average molecular weight is 356 g/mol. The molecule has 0 unspecified atom stereocenters. The van der Waals surface area contributed by atoms with Crippen LogP contribution in [0.25, 0.3) is 0 Å². The molecular weight excluding hydrogens is 342 g/mol. The van der Waals surface area contributed by atoms with Gasteiger partial charge in [0.1, 0.15) is 9.84 Å². The van der Waals surface area contributed by atoms with Gasteiger partial charge in [-0.15, -0.1) is 0 Å². The molecule has 0 heterocycles. The molecule has 0 amide bonds. The molecule has 0 atom stereocenters. The predicted molar refractivity (Wildman–Crippen MR) is 75.8 cm³/mol. The molecule has 0 aliphatic heterocycles. The van der Waals surface area contributed by atoms with Crippen LogP contribution in [0.3, 0.4) is 0 Å². The monoisotopic (exact) mass is 355 g/mol. The zero-order valence-corrected chi connectivity index (χ0v) is 13.0. The number of sulfone groups is 2. The molecule has 0 fully saturated rings. The molecule has 0 bridgehead atoms. The maximum absolute atomic E-state index is 11.8. The first-order valence-corrected chi connectivity index (χ1v) is 9.69. The van der Waals surface area contributed by atoms with Crippen molar-refractivity contribution in [1.29, 1.82) is 0 Å². The smallest absolute Gasteiger partial charge is 0.155 e. The predicted octanol–water partition coefficient (Wildman–Crippen LogP) is 0.991. The van der Waals surface area contributed by atoms with Crippen LogP contribution in [-0.2, 0) is 25.4 Å². The van der Waals surface area contributed by atoms with E-state index in [1.807, 2.05) is 0 Å². The molecule has 0 saturated carbocycles. The molecule has 5 nitrogen and oxygen atoms in total. The Morgan fingerprint density at radius 1 is 1.17 bits per heavy atom. The van der Waals surface area contributed by atoms with E-state index in [0.717, 1.165) is 6.26 Å². The highest BCUT2D eigenvalue weighted by Crippen LogP contribution is 2.25. The van der Waals surface area contributed by atoms with Crippen LogP contribution in [0, 0.1) is 0 Å². The number of rotatable bonds is 5. The molecule has 1 aromatic rings. The van der Waals surface area contributed by atoms with Crippen molar-refractivity contribution in [2.75, 3.05) is 23.5 Å². The van der Waals surface area contributed by atoms with Crippen LogP contribution in [0.15, 0.2) is 22.7 Å². The lowest BCUT2D eigenvalue weighted by molar-refractivity contribution is 0.589. The number of nitrogen functional groups attached to an aromatic ring is 1. The Balaban J connectivity index is 2.87. The molecule has 8 heteroatoms. The lowest BCUT2D eigenvalue weighted by atomic mass is 10.2. The second-order valence-electron chi connectivity index (χ2n) is 4.04. The summed E-state index contributed by atoms with van der Waals surface area (Å²) in [6.45, 7) is 0. The summed E-state index contributed by atoms with van der Waals surface area (Å²) in [6, 6.07) is 4.94. The van der Waals surface area contributed by atoms with Gasteiger partial charge in [-0.3, -0.25) is 0 Å². The summed E-state index contributed by atoms with van der Waals surface area (Å²) >= 11 is 3.22. The van der Waals surface area contributed by atoms with E-state index in [4.69, 9.17) is 5.73 Å². The van der Waals surface area contributed by atoms with Crippen molar-refractivity contribution in [3.63, 3.8) is 0 Å². The Labute approximate surface area is 115 Å². The molecule has 1 aromatic carbocycles. The van der Waals surface area contributed by atoms with Gasteiger partial charge < -0.3 is 5.73 Å². The normalized spacial score (nSPS) is 12.6. The van der Waals surface area contributed by atoms with Gasteiger partial charge in [-0.05, 0) is 27.6 Å². The van der Waals surface area contributed by atoms with Crippen molar-refractivity contribution < 1.29 is 16.8 Å². The largest absolute Gasteiger partial charge is 0.398 e. The van der Waals surface area contributed by atoms with E-state index in [0.29, 0.717) is 15.7 Å². The summed E-state index contributed by atoms with van der Waals surface area (Å²) in [5, 5.41) is 0. The lowest BCUT2D eigenvalue weighted by Gasteiger charge is -2.07. The third kappa shape index (κ3) is 4.95. The molecule has 0 aromatic heterocycles. The highest BCUT2D eigenvalue weighted by atomic mass is 79.9. The summed E-state index contributed by atoms with van der Waals surface area (Å²) in [5.41, 5.74) is 6.63. The molecule has 0 radical (unpaired) electrons. The standard InChI is InChI=1S/C10H14BrNO4S2/c1-17(13,14)5-6-18(15,16)7-8-3-2-4-9(12)10(8)11/h2-4H,5-7,12H2,1H3. The van der Waals surface area contributed by atoms with Crippen LogP contribution in [0.4, 0.5) is 5.69 Å². The van der Waals surface area contributed by atoms with Crippen LogP contribution in [-0.4, -0.2) is 34.6 Å². The van der Waals surface area contributed by atoms with Crippen molar-refractivity contribution in [3.05, 3.63) is 28.2 Å². The third-order valence-corrected chi connectivity index (χ3v) is 6.00. The maximum Gasteiger partial charge on any atom is 0.155 e. The second kappa shape index (κ2) is 5.58. The molecular formula is C10H14BrNO4S2. The fourth-order valence-electron chi connectivity index (χ4n) is 1.30. The molecule has 1 rings (SSSR count). The molecule has 102 valence electrons. The SMILES string of the molecule is CS(=O)(=O)CCS(=O)(=O)Cc1cccc(N)c1Br. The lowest BCUT2D eigenvalue weighted by Crippen LogP contribution is -2.18. The van der Waals surface area contributed by atoms with Crippen molar-refractivity contribution in [3.8, 4) is 0 Å². The topological polar surface area (TPSA) is 94.3 Å². The second-order valence-corrected chi connectivity index (χ2v) is 9.28. The van der Waals surface area contributed by atoms with Gasteiger partial charge in [0, 0.05) is 16.4 Å². The van der Waals surface area contributed by atoms with Crippen LogP contribution >= 0.6 is 15.9 Å².